The molecule has 2 N–H and O–H groups in total. The maximum Gasteiger partial charge on any atom is 0.262 e. The summed E-state index contributed by atoms with van der Waals surface area (Å²) >= 11 is 5.95. The Morgan fingerprint density at radius 3 is 2.60 bits per heavy atom. The molecule has 0 saturated heterocycles. The van der Waals surface area contributed by atoms with Crippen LogP contribution >= 0.6 is 11.6 Å². The number of anilines is 1. The van der Waals surface area contributed by atoms with Crippen LogP contribution in [0.1, 0.15) is 0 Å². The number of sulfonamides is 1. The van der Waals surface area contributed by atoms with Crippen molar-refractivity contribution in [1.82, 2.24) is 0 Å². The number of phenols is 1. The van der Waals surface area contributed by atoms with Gasteiger partial charge in [-0.3, -0.25) is 4.72 Å². The van der Waals surface area contributed by atoms with Crippen LogP contribution in [0.15, 0.2) is 47.4 Å². The van der Waals surface area contributed by atoms with Gasteiger partial charge >= 0.3 is 0 Å². The lowest BCUT2D eigenvalue weighted by Crippen LogP contribution is -2.13. The third kappa shape index (κ3) is 3.15. The van der Waals surface area contributed by atoms with E-state index in [1.165, 1.54) is 37.4 Å². The van der Waals surface area contributed by atoms with Gasteiger partial charge in [0.1, 0.15) is 11.5 Å². The second-order valence-electron chi connectivity index (χ2n) is 3.95. The molecule has 5 nitrogen and oxygen atoms in total. The van der Waals surface area contributed by atoms with E-state index in [1.54, 1.807) is 6.07 Å². The van der Waals surface area contributed by atoms with Crippen LogP contribution in [0.3, 0.4) is 0 Å². The van der Waals surface area contributed by atoms with Crippen LogP contribution in [0.4, 0.5) is 5.69 Å². The number of ether oxygens (including phenoxy) is 1. The van der Waals surface area contributed by atoms with Crippen molar-refractivity contribution in [3.63, 3.8) is 0 Å². The van der Waals surface area contributed by atoms with Gasteiger partial charge in [0.25, 0.3) is 10.0 Å². The van der Waals surface area contributed by atoms with E-state index in [0.717, 1.165) is 6.07 Å². The molecule has 0 aromatic heterocycles. The molecule has 2 rings (SSSR count). The highest BCUT2D eigenvalue weighted by Gasteiger charge is 2.16. The molecule has 0 aliphatic heterocycles. The van der Waals surface area contributed by atoms with Gasteiger partial charge < -0.3 is 9.84 Å². The van der Waals surface area contributed by atoms with Crippen molar-refractivity contribution >= 4 is 27.3 Å². The number of hydrogen-bond acceptors (Lipinski definition) is 4. The summed E-state index contributed by atoms with van der Waals surface area (Å²) in [7, 11) is -2.36. The Morgan fingerprint density at radius 2 is 1.95 bits per heavy atom. The first-order valence-electron chi connectivity index (χ1n) is 5.58. The molecule has 0 aliphatic carbocycles. The monoisotopic (exact) mass is 313 g/mol. The van der Waals surface area contributed by atoms with Crippen LogP contribution in [-0.2, 0) is 10.0 Å². The third-order valence-electron chi connectivity index (χ3n) is 2.55. The van der Waals surface area contributed by atoms with Crippen LogP contribution in [0.2, 0.25) is 5.02 Å². The average molecular weight is 314 g/mol. The maximum atomic E-state index is 12.2. The first-order valence-corrected chi connectivity index (χ1v) is 7.44. The van der Waals surface area contributed by atoms with E-state index in [1.807, 2.05) is 0 Å². The fourth-order valence-electron chi connectivity index (χ4n) is 1.56. The molecule has 2 aromatic rings. The fourth-order valence-corrected chi connectivity index (χ4v) is 2.89. The molecule has 0 spiro atoms. The molecule has 0 unspecified atom stereocenters. The van der Waals surface area contributed by atoms with Crippen molar-refractivity contribution in [2.24, 2.45) is 0 Å². The quantitative estimate of drug-likeness (QED) is 0.910. The summed E-state index contributed by atoms with van der Waals surface area (Å²) < 4.78 is 31.7. The summed E-state index contributed by atoms with van der Waals surface area (Å²) in [4.78, 5) is -0.0589. The van der Waals surface area contributed by atoms with E-state index in [0.29, 0.717) is 5.75 Å². The van der Waals surface area contributed by atoms with Gasteiger partial charge in [0, 0.05) is 12.1 Å². The molecule has 0 amide bonds. The van der Waals surface area contributed by atoms with Crippen LogP contribution < -0.4 is 9.46 Å². The van der Waals surface area contributed by atoms with Gasteiger partial charge in [-0.1, -0.05) is 17.7 Å². The van der Waals surface area contributed by atoms with E-state index >= 15 is 0 Å². The molecular weight excluding hydrogens is 302 g/mol. The molecule has 0 atom stereocenters. The molecule has 106 valence electrons. The van der Waals surface area contributed by atoms with E-state index in [9.17, 15) is 13.5 Å². The molecule has 0 aliphatic rings. The summed E-state index contributed by atoms with van der Waals surface area (Å²) in [6.45, 7) is 0. The topological polar surface area (TPSA) is 75.6 Å². The zero-order valence-corrected chi connectivity index (χ0v) is 12.1. The highest BCUT2D eigenvalue weighted by molar-refractivity contribution is 7.92. The van der Waals surface area contributed by atoms with Crippen molar-refractivity contribution in [2.45, 2.75) is 4.90 Å². The molecule has 0 radical (unpaired) electrons. The Balaban J connectivity index is 2.38. The average Bonchev–Trinajstić information content (AvgIpc) is 2.41. The van der Waals surface area contributed by atoms with Gasteiger partial charge in [-0.25, -0.2) is 8.42 Å². The summed E-state index contributed by atoms with van der Waals surface area (Å²) in [6, 6.07) is 9.97. The van der Waals surface area contributed by atoms with E-state index in [2.05, 4.69) is 4.72 Å². The molecule has 0 fully saturated rings. The lowest BCUT2D eigenvalue weighted by molar-refractivity contribution is 0.415. The number of nitrogens with one attached hydrogen (secondary N) is 1. The minimum atomic E-state index is -3.83. The van der Waals surface area contributed by atoms with Gasteiger partial charge in [-0.05, 0) is 24.3 Å². The summed E-state index contributed by atoms with van der Waals surface area (Å²) in [5.41, 5.74) is 0.203. The molecule has 0 heterocycles. The predicted octanol–water partition coefficient (Wildman–Crippen LogP) is 2.86. The zero-order valence-electron chi connectivity index (χ0n) is 10.5. The van der Waals surface area contributed by atoms with Crippen molar-refractivity contribution in [1.29, 1.82) is 0 Å². The Morgan fingerprint density at radius 1 is 1.20 bits per heavy atom. The van der Waals surface area contributed by atoms with Gasteiger partial charge in [-0.2, -0.15) is 0 Å². The van der Waals surface area contributed by atoms with E-state index < -0.39 is 10.0 Å². The second kappa shape index (κ2) is 5.60. The largest absolute Gasteiger partial charge is 0.508 e. The Kier molecular flexibility index (Phi) is 4.06. The number of halogens is 1. The number of methoxy groups -OCH3 is 1. The van der Waals surface area contributed by atoms with Crippen LogP contribution in [0.5, 0.6) is 11.5 Å². The van der Waals surface area contributed by atoms with Gasteiger partial charge in [0.2, 0.25) is 0 Å². The lowest BCUT2D eigenvalue weighted by Gasteiger charge is -2.11. The van der Waals surface area contributed by atoms with Gasteiger partial charge in [0.15, 0.2) is 0 Å². The first-order chi connectivity index (χ1) is 9.42. The molecular formula is C13H12ClNO4S. The minimum Gasteiger partial charge on any atom is -0.508 e. The van der Waals surface area contributed by atoms with Gasteiger partial charge in [-0.15, -0.1) is 0 Å². The van der Waals surface area contributed by atoms with Gasteiger partial charge in [0.05, 0.1) is 22.7 Å². The standard InChI is InChI=1S/C13H12ClNO4S/c1-19-10-5-6-12(14)13(8-10)15-20(17,18)11-4-2-3-9(16)7-11/h2-8,15-16H,1H3. The first kappa shape index (κ1) is 14.5. The number of benzene rings is 2. The second-order valence-corrected chi connectivity index (χ2v) is 6.04. The smallest absolute Gasteiger partial charge is 0.262 e. The summed E-state index contributed by atoms with van der Waals surface area (Å²) in [5, 5.41) is 9.59. The number of phenolic OH excluding ortho intramolecular Hbond substituents is 1. The summed E-state index contributed by atoms with van der Waals surface area (Å²) in [6.07, 6.45) is 0. The van der Waals surface area contributed by atoms with Crippen LogP contribution in [0, 0.1) is 0 Å². The lowest BCUT2D eigenvalue weighted by atomic mass is 10.3. The third-order valence-corrected chi connectivity index (χ3v) is 4.24. The highest BCUT2D eigenvalue weighted by Crippen LogP contribution is 2.29. The van der Waals surface area contributed by atoms with E-state index in [4.69, 9.17) is 16.3 Å². The minimum absolute atomic E-state index is 0.0589. The fraction of sp³-hybridized carbons (Fsp3) is 0.0769. The van der Waals surface area contributed by atoms with Crippen LogP contribution in [-0.4, -0.2) is 20.6 Å². The van der Waals surface area contributed by atoms with Crippen molar-refractivity contribution in [3.05, 3.63) is 47.5 Å². The van der Waals surface area contributed by atoms with Crippen LogP contribution in [0.25, 0.3) is 0 Å². The Bertz CT molecular complexity index is 731. The SMILES string of the molecule is COc1ccc(Cl)c(NS(=O)(=O)c2cccc(O)c2)c1. The maximum absolute atomic E-state index is 12.2. The summed E-state index contributed by atoms with van der Waals surface area (Å²) in [5.74, 6) is 0.340. The molecule has 20 heavy (non-hydrogen) atoms. The number of rotatable bonds is 4. The molecule has 7 heteroatoms. The molecule has 2 aromatic carbocycles. The molecule has 0 saturated carbocycles. The Hall–Kier alpha value is -1.92. The Labute approximate surface area is 121 Å². The zero-order chi connectivity index (χ0) is 14.8. The van der Waals surface area contributed by atoms with Crippen molar-refractivity contribution in [3.8, 4) is 11.5 Å². The van der Waals surface area contributed by atoms with E-state index in [-0.39, 0.29) is 21.4 Å². The number of hydrogen-bond donors (Lipinski definition) is 2. The van der Waals surface area contributed by atoms with Crippen molar-refractivity contribution < 1.29 is 18.3 Å². The highest BCUT2D eigenvalue weighted by atomic mass is 35.5. The van der Waals surface area contributed by atoms with Crippen molar-refractivity contribution in [2.75, 3.05) is 11.8 Å². The normalized spacial score (nSPS) is 11.1. The predicted molar refractivity (Wildman–Crippen MR) is 76.9 cm³/mol. The molecule has 0 bridgehead atoms. The number of aromatic hydroxyl groups is 1.